The summed E-state index contributed by atoms with van der Waals surface area (Å²) in [5.41, 5.74) is 1.90. The van der Waals surface area contributed by atoms with Crippen LogP contribution >= 0.6 is 0 Å². The molecule has 0 spiro atoms. The van der Waals surface area contributed by atoms with Crippen molar-refractivity contribution in [1.82, 2.24) is 10.2 Å². The number of piperidine rings is 3. The van der Waals surface area contributed by atoms with E-state index in [4.69, 9.17) is 4.42 Å². The molecule has 0 saturated carbocycles. The van der Waals surface area contributed by atoms with Crippen molar-refractivity contribution in [1.29, 1.82) is 0 Å². The average Bonchev–Trinajstić information content (AvgIpc) is 2.74. The Kier molecular flexibility index (Phi) is 4.24. The predicted molar refractivity (Wildman–Crippen MR) is 108 cm³/mol. The Bertz CT molecular complexity index is 1100. The second-order valence-electron chi connectivity index (χ2n) is 7.78. The number of amides is 1. The Morgan fingerprint density at radius 2 is 1.86 bits per heavy atom. The smallest absolute Gasteiger partial charge is 0.344 e. The second-order valence-corrected chi connectivity index (χ2v) is 7.78. The van der Waals surface area contributed by atoms with E-state index in [9.17, 15) is 9.59 Å². The lowest BCUT2D eigenvalue weighted by atomic mass is 9.84. The van der Waals surface area contributed by atoms with Gasteiger partial charge in [-0.15, -0.1) is 0 Å². The first-order valence-corrected chi connectivity index (χ1v) is 9.84. The molecule has 4 heterocycles. The summed E-state index contributed by atoms with van der Waals surface area (Å²) in [6.07, 6.45) is 2.31. The molecule has 3 aromatic rings. The van der Waals surface area contributed by atoms with E-state index in [1.54, 1.807) is 18.2 Å². The van der Waals surface area contributed by atoms with Crippen molar-refractivity contribution < 1.29 is 9.21 Å². The lowest BCUT2D eigenvalue weighted by Crippen LogP contribution is -2.57. The Morgan fingerprint density at radius 3 is 2.64 bits per heavy atom. The maximum absolute atomic E-state index is 12.8. The number of nitrogens with zero attached hydrogens (tertiary/aromatic N) is 1. The highest BCUT2D eigenvalue weighted by molar-refractivity contribution is 5.96. The average molecular weight is 374 g/mol. The van der Waals surface area contributed by atoms with E-state index in [-0.39, 0.29) is 11.9 Å². The minimum absolute atomic E-state index is 0.0780. The van der Waals surface area contributed by atoms with Gasteiger partial charge in [0.05, 0.1) is 5.56 Å². The molecule has 1 amide bonds. The van der Waals surface area contributed by atoms with E-state index in [2.05, 4.69) is 10.2 Å². The summed E-state index contributed by atoms with van der Waals surface area (Å²) in [4.78, 5) is 27.7. The molecule has 3 aliphatic heterocycles. The summed E-state index contributed by atoms with van der Waals surface area (Å²) in [6, 6.07) is 16.7. The number of para-hydroxylation sites is 1. The van der Waals surface area contributed by atoms with Gasteiger partial charge in [0.15, 0.2) is 0 Å². The maximum atomic E-state index is 12.8. The molecule has 1 atom stereocenters. The number of hydrogen-bond donors (Lipinski definition) is 1. The van der Waals surface area contributed by atoms with Gasteiger partial charge in [-0.25, -0.2) is 4.79 Å². The van der Waals surface area contributed by atoms with Crippen LogP contribution in [0.2, 0.25) is 0 Å². The monoisotopic (exact) mass is 374 g/mol. The van der Waals surface area contributed by atoms with Crippen LogP contribution in [0.3, 0.4) is 0 Å². The van der Waals surface area contributed by atoms with Crippen LogP contribution in [0.1, 0.15) is 23.2 Å². The van der Waals surface area contributed by atoms with Crippen LogP contribution in [0.4, 0.5) is 0 Å². The molecule has 1 unspecified atom stereocenters. The molecule has 1 N–H and O–H groups in total. The Balaban J connectivity index is 1.43. The molecular formula is C23H22N2O3. The zero-order chi connectivity index (χ0) is 19.1. The van der Waals surface area contributed by atoms with Gasteiger partial charge in [-0.05, 0) is 61.7 Å². The molecule has 1 aromatic heterocycles. The molecule has 3 fully saturated rings. The van der Waals surface area contributed by atoms with Crippen LogP contribution in [0, 0.1) is 5.92 Å². The fourth-order valence-electron chi connectivity index (χ4n) is 4.47. The number of carbonyl (C=O) groups is 1. The molecule has 3 aliphatic rings. The van der Waals surface area contributed by atoms with Gasteiger partial charge in [0, 0.05) is 23.5 Å². The SMILES string of the molecule is O=C(NC1CN2CCC1CC2)c1cccc(-c2cc3ccccc3oc2=O)c1. The minimum atomic E-state index is -0.395. The number of nitrogens with one attached hydrogen (secondary N) is 1. The van der Waals surface area contributed by atoms with Crippen LogP contribution in [0.25, 0.3) is 22.1 Å². The van der Waals surface area contributed by atoms with E-state index in [0.29, 0.717) is 28.2 Å². The number of carbonyl (C=O) groups excluding carboxylic acids is 1. The summed E-state index contributed by atoms with van der Waals surface area (Å²) in [7, 11) is 0. The van der Waals surface area contributed by atoms with Crippen LogP contribution < -0.4 is 10.9 Å². The quantitative estimate of drug-likeness (QED) is 0.715. The number of fused-ring (bicyclic) bond motifs is 4. The zero-order valence-electron chi connectivity index (χ0n) is 15.6. The van der Waals surface area contributed by atoms with Crippen molar-refractivity contribution in [3.63, 3.8) is 0 Å². The van der Waals surface area contributed by atoms with Gasteiger partial charge in [-0.1, -0.05) is 30.3 Å². The highest BCUT2D eigenvalue weighted by Gasteiger charge is 2.34. The van der Waals surface area contributed by atoms with E-state index in [1.807, 2.05) is 36.4 Å². The van der Waals surface area contributed by atoms with Crippen molar-refractivity contribution in [2.24, 2.45) is 5.92 Å². The first kappa shape index (κ1) is 17.2. The van der Waals surface area contributed by atoms with E-state index in [1.165, 1.54) is 0 Å². The molecule has 6 rings (SSSR count). The fraction of sp³-hybridized carbons (Fsp3) is 0.304. The summed E-state index contributed by atoms with van der Waals surface area (Å²) in [5.74, 6) is 0.496. The van der Waals surface area contributed by atoms with Gasteiger partial charge in [-0.3, -0.25) is 4.79 Å². The van der Waals surface area contributed by atoms with Crippen LogP contribution in [-0.4, -0.2) is 36.5 Å². The summed E-state index contributed by atoms with van der Waals surface area (Å²) >= 11 is 0. The molecule has 0 aliphatic carbocycles. The molecule has 5 nitrogen and oxygen atoms in total. The first-order valence-electron chi connectivity index (χ1n) is 9.84. The van der Waals surface area contributed by atoms with Gasteiger partial charge >= 0.3 is 5.63 Å². The van der Waals surface area contributed by atoms with Crippen LogP contribution in [-0.2, 0) is 0 Å². The summed E-state index contributed by atoms with van der Waals surface area (Å²) in [5, 5.41) is 4.07. The molecule has 142 valence electrons. The van der Waals surface area contributed by atoms with E-state index < -0.39 is 5.63 Å². The molecule has 3 saturated heterocycles. The van der Waals surface area contributed by atoms with Gasteiger partial charge in [-0.2, -0.15) is 0 Å². The maximum Gasteiger partial charge on any atom is 0.344 e. The highest BCUT2D eigenvalue weighted by atomic mass is 16.4. The normalized spacial score (nSPS) is 23.6. The third kappa shape index (κ3) is 3.12. The molecule has 2 bridgehead atoms. The van der Waals surface area contributed by atoms with E-state index >= 15 is 0 Å². The lowest BCUT2D eigenvalue weighted by Gasteiger charge is -2.44. The van der Waals surface area contributed by atoms with Crippen molar-refractivity contribution >= 4 is 16.9 Å². The zero-order valence-corrected chi connectivity index (χ0v) is 15.6. The highest BCUT2D eigenvalue weighted by Crippen LogP contribution is 2.28. The van der Waals surface area contributed by atoms with Gasteiger partial charge in [0.2, 0.25) is 0 Å². The third-order valence-electron chi connectivity index (χ3n) is 6.05. The Hall–Kier alpha value is -2.92. The largest absolute Gasteiger partial charge is 0.422 e. The molecule has 2 aromatic carbocycles. The van der Waals surface area contributed by atoms with Crippen molar-refractivity contribution in [2.75, 3.05) is 19.6 Å². The van der Waals surface area contributed by atoms with Crippen LogP contribution in [0.5, 0.6) is 0 Å². The van der Waals surface area contributed by atoms with Crippen LogP contribution in [0.15, 0.2) is 63.8 Å². The van der Waals surface area contributed by atoms with Crippen molar-refractivity contribution in [3.8, 4) is 11.1 Å². The lowest BCUT2D eigenvalue weighted by molar-refractivity contribution is 0.0620. The predicted octanol–water partition coefficient (Wildman–Crippen LogP) is 3.28. The minimum Gasteiger partial charge on any atom is -0.422 e. The topological polar surface area (TPSA) is 62.6 Å². The molecular weight excluding hydrogens is 352 g/mol. The first-order chi connectivity index (χ1) is 13.7. The molecule has 28 heavy (non-hydrogen) atoms. The third-order valence-corrected chi connectivity index (χ3v) is 6.05. The summed E-state index contributed by atoms with van der Waals surface area (Å²) in [6.45, 7) is 3.22. The number of benzene rings is 2. The van der Waals surface area contributed by atoms with Crippen molar-refractivity contribution in [2.45, 2.75) is 18.9 Å². The standard InChI is InChI=1S/C23H22N2O3/c26-22(24-20-14-25-10-8-15(20)9-11-25)18-6-3-5-16(12-18)19-13-17-4-1-2-7-21(17)28-23(19)27/h1-7,12-13,15,20H,8-11,14H2,(H,24,26). The Morgan fingerprint density at radius 1 is 1.04 bits per heavy atom. The van der Waals surface area contributed by atoms with Gasteiger partial charge in [0.1, 0.15) is 5.58 Å². The number of rotatable bonds is 3. The fourth-order valence-corrected chi connectivity index (χ4v) is 4.47. The van der Waals surface area contributed by atoms with Gasteiger partial charge in [0.25, 0.3) is 5.91 Å². The van der Waals surface area contributed by atoms with E-state index in [0.717, 1.165) is 37.9 Å². The molecule has 0 radical (unpaired) electrons. The van der Waals surface area contributed by atoms with Gasteiger partial charge < -0.3 is 14.6 Å². The Labute approximate surface area is 163 Å². The van der Waals surface area contributed by atoms with Crippen molar-refractivity contribution in [3.05, 3.63) is 70.6 Å². The summed E-state index contributed by atoms with van der Waals surface area (Å²) < 4.78 is 5.44. The second kappa shape index (κ2) is 6.91. The molecule has 5 heteroatoms. The number of hydrogen-bond acceptors (Lipinski definition) is 4.